The second-order valence-corrected chi connectivity index (χ2v) is 7.21. The predicted molar refractivity (Wildman–Crippen MR) is 113 cm³/mol. The van der Waals surface area contributed by atoms with Crippen LogP contribution in [0.1, 0.15) is 12.0 Å². The van der Waals surface area contributed by atoms with Crippen molar-refractivity contribution >= 4 is 52.6 Å². The SMILES string of the molecule is O/N=C/c1cccc(OCCCOc2c(Cl)cc(OCC=C(Cl)Cl)cc2Cl)c1. The van der Waals surface area contributed by atoms with E-state index in [0.717, 1.165) is 5.56 Å². The van der Waals surface area contributed by atoms with E-state index in [-0.39, 0.29) is 11.1 Å². The Morgan fingerprint density at radius 2 is 1.68 bits per heavy atom. The van der Waals surface area contributed by atoms with E-state index in [2.05, 4.69) is 5.16 Å². The summed E-state index contributed by atoms with van der Waals surface area (Å²) in [7, 11) is 0. The highest BCUT2D eigenvalue weighted by atomic mass is 35.5. The van der Waals surface area contributed by atoms with E-state index < -0.39 is 0 Å². The minimum Gasteiger partial charge on any atom is -0.493 e. The Bertz CT molecular complexity index is 815. The van der Waals surface area contributed by atoms with Gasteiger partial charge in [-0.15, -0.1) is 0 Å². The summed E-state index contributed by atoms with van der Waals surface area (Å²) in [6, 6.07) is 10.4. The molecule has 5 nitrogen and oxygen atoms in total. The first-order valence-electron chi connectivity index (χ1n) is 8.15. The van der Waals surface area contributed by atoms with Gasteiger partial charge in [-0.2, -0.15) is 0 Å². The fourth-order valence-corrected chi connectivity index (χ4v) is 2.84. The van der Waals surface area contributed by atoms with Crippen LogP contribution in [0.25, 0.3) is 0 Å². The molecule has 9 heteroatoms. The molecule has 0 saturated carbocycles. The van der Waals surface area contributed by atoms with Crippen LogP contribution in [0.15, 0.2) is 52.1 Å². The van der Waals surface area contributed by atoms with Gasteiger partial charge in [0.2, 0.25) is 0 Å². The minimum absolute atomic E-state index is 0.118. The number of ether oxygens (including phenoxy) is 3. The highest BCUT2D eigenvalue weighted by molar-refractivity contribution is 6.55. The molecule has 2 rings (SSSR count). The van der Waals surface area contributed by atoms with Crippen LogP contribution in [0.3, 0.4) is 0 Å². The number of nitrogens with zero attached hydrogens (tertiary/aromatic N) is 1. The summed E-state index contributed by atoms with van der Waals surface area (Å²) in [4.78, 5) is 0. The van der Waals surface area contributed by atoms with E-state index in [1.807, 2.05) is 12.1 Å². The summed E-state index contributed by atoms with van der Waals surface area (Å²) >= 11 is 23.5. The Labute approximate surface area is 183 Å². The number of halogens is 4. The normalized spacial score (nSPS) is 10.7. The Morgan fingerprint density at radius 1 is 0.964 bits per heavy atom. The molecule has 0 atom stereocenters. The number of hydrogen-bond donors (Lipinski definition) is 1. The van der Waals surface area contributed by atoms with Crippen molar-refractivity contribution in [3.63, 3.8) is 0 Å². The third kappa shape index (κ3) is 7.68. The van der Waals surface area contributed by atoms with Crippen LogP contribution in [-0.4, -0.2) is 31.2 Å². The van der Waals surface area contributed by atoms with Crippen molar-refractivity contribution in [3.05, 3.63) is 62.6 Å². The van der Waals surface area contributed by atoms with Gasteiger partial charge in [-0.25, -0.2) is 0 Å². The number of benzene rings is 2. The first kappa shape index (κ1) is 22.5. The molecular weight excluding hydrogens is 448 g/mol. The van der Waals surface area contributed by atoms with Crippen LogP contribution in [0.5, 0.6) is 17.2 Å². The molecule has 0 saturated heterocycles. The van der Waals surface area contributed by atoms with Gasteiger partial charge in [0.25, 0.3) is 0 Å². The predicted octanol–water partition coefficient (Wildman–Crippen LogP) is 6.35. The lowest BCUT2D eigenvalue weighted by Crippen LogP contribution is -2.06. The standard InChI is InChI=1S/C19H17Cl4NO4/c20-16-10-15(27-8-5-18(22)23)11-17(21)19(16)28-7-2-6-26-14-4-1-3-13(9-14)12-24-25/h1,3-5,9-12,25H,2,6-8H2/b24-12+. The smallest absolute Gasteiger partial charge is 0.156 e. The molecular formula is C19H17Cl4NO4. The molecule has 1 N–H and O–H groups in total. The number of hydrogen-bond acceptors (Lipinski definition) is 5. The van der Waals surface area contributed by atoms with E-state index in [4.69, 9.17) is 65.8 Å². The Kier molecular flexibility index (Phi) is 9.58. The van der Waals surface area contributed by atoms with Gasteiger partial charge in [0, 0.05) is 18.6 Å². The van der Waals surface area contributed by atoms with Gasteiger partial charge in [0.15, 0.2) is 5.75 Å². The second kappa shape index (κ2) is 11.9. The summed E-state index contributed by atoms with van der Waals surface area (Å²) in [5.74, 6) is 1.52. The van der Waals surface area contributed by atoms with Gasteiger partial charge in [-0.1, -0.05) is 63.7 Å². The Morgan fingerprint density at radius 3 is 2.36 bits per heavy atom. The van der Waals surface area contributed by atoms with Crippen molar-refractivity contribution < 1.29 is 19.4 Å². The zero-order valence-corrected chi connectivity index (χ0v) is 17.6. The average Bonchev–Trinajstić information content (AvgIpc) is 2.64. The molecule has 0 aliphatic rings. The highest BCUT2D eigenvalue weighted by Crippen LogP contribution is 2.37. The maximum Gasteiger partial charge on any atom is 0.156 e. The van der Waals surface area contributed by atoms with Gasteiger partial charge in [-0.3, -0.25) is 0 Å². The van der Waals surface area contributed by atoms with Gasteiger partial charge in [0.1, 0.15) is 22.6 Å². The molecule has 0 aliphatic carbocycles. The van der Waals surface area contributed by atoms with Crippen LogP contribution in [0, 0.1) is 0 Å². The fraction of sp³-hybridized carbons (Fsp3) is 0.211. The maximum atomic E-state index is 8.56. The molecule has 0 amide bonds. The van der Waals surface area contributed by atoms with Crippen molar-refractivity contribution in [1.82, 2.24) is 0 Å². The van der Waals surface area contributed by atoms with Gasteiger partial charge in [0.05, 0.1) is 29.5 Å². The molecule has 0 aromatic heterocycles. The quantitative estimate of drug-likeness (QED) is 0.192. The van der Waals surface area contributed by atoms with Gasteiger partial charge in [-0.05, 0) is 23.8 Å². The van der Waals surface area contributed by atoms with Crippen molar-refractivity contribution in [3.8, 4) is 17.2 Å². The molecule has 150 valence electrons. The van der Waals surface area contributed by atoms with Crippen molar-refractivity contribution in [1.29, 1.82) is 0 Å². The largest absolute Gasteiger partial charge is 0.493 e. The second-order valence-electron chi connectivity index (χ2n) is 5.39. The molecule has 0 bridgehead atoms. The topological polar surface area (TPSA) is 60.3 Å². The van der Waals surface area contributed by atoms with Crippen LogP contribution < -0.4 is 14.2 Å². The summed E-state index contributed by atoms with van der Waals surface area (Å²) in [6.45, 7) is 0.988. The van der Waals surface area contributed by atoms with Crippen molar-refractivity contribution in [2.45, 2.75) is 6.42 Å². The maximum absolute atomic E-state index is 8.56. The molecule has 0 fully saturated rings. The summed E-state index contributed by atoms with van der Waals surface area (Å²) in [5, 5.41) is 12.2. The van der Waals surface area contributed by atoms with E-state index in [1.54, 1.807) is 24.3 Å². The molecule has 2 aromatic rings. The van der Waals surface area contributed by atoms with Gasteiger partial charge >= 0.3 is 0 Å². The highest BCUT2D eigenvalue weighted by Gasteiger charge is 2.10. The molecule has 0 heterocycles. The lowest BCUT2D eigenvalue weighted by molar-refractivity contribution is 0.247. The van der Waals surface area contributed by atoms with Crippen LogP contribution >= 0.6 is 46.4 Å². The van der Waals surface area contributed by atoms with Crippen LogP contribution in [0.2, 0.25) is 10.0 Å². The lowest BCUT2D eigenvalue weighted by Gasteiger charge is -2.12. The monoisotopic (exact) mass is 463 g/mol. The molecule has 0 aliphatic heterocycles. The summed E-state index contributed by atoms with van der Waals surface area (Å²) < 4.78 is 16.9. The molecule has 0 radical (unpaired) electrons. The third-order valence-corrected chi connectivity index (χ3v) is 4.20. The fourth-order valence-electron chi connectivity index (χ4n) is 2.13. The first-order valence-corrected chi connectivity index (χ1v) is 9.67. The van der Waals surface area contributed by atoms with E-state index in [1.165, 1.54) is 12.3 Å². The zero-order valence-electron chi connectivity index (χ0n) is 14.6. The van der Waals surface area contributed by atoms with E-state index in [0.29, 0.717) is 46.9 Å². The number of oxime groups is 1. The van der Waals surface area contributed by atoms with Crippen LogP contribution in [-0.2, 0) is 0 Å². The molecule has 2 aromatic carbocycles. The summed E-state index contributed by atoms with van der Waals surface area (Å²) in [5.41, 5.74) is 0.737. The lowest BCUT2D eigenvalue weighted by atomic mass is 10.2. The Balaban J connectivity index is 1.81. The first-order chi connectivity index (χ1) is 13.5. The van der Waals surface area contributed by atoms with E-state index >= 15 is 0 Å². The number of rotatable bonds is 10. The van der Waals surface area contributed by atoms with Gasteiger partial charge < -0.3 is 19.4 Å². The minimum atomic E-state index is 0.118. The molecule has 0 unspecified atom stereocenters. The third-order valence-electron chi connectivity index (χ3n) is 3.33. The Hall–Kier alpha value is -1.79. The average molecular weight is 465 g/mol. The molecule has 28 heavy (non-hydrogen) atoms. The summed E-state index contributed by atoms with van der Waals surface area (Å²) in [6.07, 6.45) is 3.44. The van der Waals surface area contributed by atoms with E-state index in [9.17, 15) is 0 Å². The van der Waals surface area contributed by atoms with Crippen molar-refractivity contribution in [2.24, 2.45) is 5.16 Å². The molecule has 0 spiro atoms. The zero-order chi connectivity index (χ0) is 20.4. The van der Waals surface area contributed by atoms with Crippen molar-refractivity contribution in [2.75, 3.05) is 19.8 Å². The van der Waals surface area contributed by atoms with Crippen LogP contribution in [0.4, 0.5) is 0 Å².